The Balaban J connectivity index is 4.02. The van der Waals surface area contributed by atoms with Gasteiger partial charge in [0, 0.05) is 6.54 Å². The summed E-state index contributed by atoms with van der Waals surface area (Å²) in [6, 6.07) is 0. The van der Waals surface area contributed by atoms with Gasteiger partial charge in [-0.2, -0.15) is 13.1 Å². The van der Waals surface area contributed by atoms with E-state index in [1.807, 2.05) is 4.72 Å². The van der Waals surface area contributed by atoms with Gasteiger partial charge in [0.15, 0.2) is 0 Å². The molecule has 0 bridgehead atoms. The molecule has 0 atom stereocenters. The van der Waals surface area contributed by atoms with Crippen LogP contribution in [-0.4, -0.2) is 39.1 Å². The molecule has 3 N–H and O–H groups in total. The smallest absolute Gasteiger partial charge is 0.283 e. The van der Waals surface area contributed by atoms with E-state index >= 15 is 0 Å². The van der Waals surface area contributed by atoms with E-state index in [-0.39, 0.29) is 6.54 Å². The van der Waals surface area contributed by atoms with Gasteiger partial charge >= 0.3 is 0 Å². The minimum Gasteiger partial charge on any atom is -0.390 e. The van der Waals surface area contributed by atoms with E-state index in [4.69, 9.17) is 5.11 Å². The van der Waals surface area contributed by atoms with Crippen LogP contribution in [0.2, 0.25) is 0 Å². The van der Waals surface area contributed by atoms with Crippen LogP contribution in [0.3, 0.4) is 0 Å². The Morgan fingerprint density at radius 2 is 1.92 bits per heavy atom. The van der Waals surface area contributed by atoms with Crippen LogP contribution < -0.4 is 9.44 Å². The van der Waals surface area contributed by atoms with E-state index in [1.165, 1.54) is 6.92 Å². The molecule has 0 fully saturated rings. The molecular weight excluding hydrogens is 206 g/mol. The molecule has 0 aromatic heterocycles. The van der Waals surface area contributed by atoms with Crippen LogP contribution in [0.1, 0.15) is 6.92 Å². The third kappa shape index (κ3) is 5.86. The standard InChI is InChI=1S/C5H12F2N2O3S/c1-2-8-13(11,12)9-3-5(6,7)4-10/h8-10H,2-4H2,1H3. The first-order valence-corrected chi connectivity index (χ1v) is 5.04. The van der Waals surface area contributed by atoms with Gasteiger partial charge in [0.1, 0.15) is 6.61 Å². The zero-order chi connectivity index (χ0) is 10.5. The van der Waals surface area contributed by atoms with Gasteiger partial charge < -0.3 is 5.11 Å². The topological polar surface area (TPSA) is 78.4 Å². The lowest BCUT2D eigenvalue weighted by atomic mass is 10.4. The third-order valence-corrected chi connectivity index (χ3v) is 2.28. The molecule has 0 rings (SSSR count). The van der Waals surface area contributed by atoms with Crippen LogP contribution in [0.4, 0.5) is 8.78 Å². The Bertz CT molecular complexity index is 242. The molecule has 0 saturated carbocycles. The molecule has 0 aromatic carbocycles. The number of nitrogens with one attached hydrogen (secondary N) is 2. The first-order chi connectivity index (χ1) is 5.83. The molecule has 0 spiro atoms. The second-order valence-electron chi connectivity index (χ2n) is 2.34. The highest BCUT2D eigenvalue weighted by molar-refractivity contribution is 7.87. The highest BCUT2D eigenvalue weighted by Crippen LogP contribution is 2.09. The van der Waals surface area contributed by atoms with Crippen molar-refractivity contribution in [2.45, 2.75) is 12.8 Å². The van der Waals surface area contributed by atoms with Crippen LogP contribution in [0.25, 0.3) is 0 Å². The van der Waals surface area contributed by atoms with E-state index in [1.54, 1.807) is 4.72 Å². The van der Waals surface area contributed by atoms with E-state index in [2.05, 4.69) is 0 Å². The quantitative estimate of drug-likeness (QED) is 0.538. The van der Waals surface area contributed by atoms with Crippen molar-refractivity contribution in [3.63, 3.8) is 0 Å². The van der Waals surface area contributed by atoms with E-state index < -0.39 is 29.3 Å². The number of aliphatic hydroxyl groups excluding tert-OH is 1. The SMILES string of the molecule is CCNS(=O)(=O)NCC(F)(F)CO. The lowest BCUT2D eigenvalue weighted by Gasteiger charge is -2.13. The Morgan fingerprint density at radius 1 is 1.38 bits per heavy atom. The van der Waals surface area contributed by atoms with Crippen molar-refractivity contribution in [1.82, 2.24) is 9.44 Å². The summed E-state index contributed by atoms with van der Waals surface area (Å²) in [7, 11) is -3.87. The summed E-state index contributed by atoms with van der Waals surface area (Å²) in [5, 5.41) is 8.12. The fourth-order valence-corrected chi connectivity index (χ4v) is 1.38. The first kappa shape index (κ1) is 12.7. The van der Waals surface area contributed by atoms with E-state index in [9.17, 15) is 17.2 Å². The highest BCUT2D eigenvalue weighted by atomic mass is 32.2. The fraction of sp³-hybridized carbons (Fsp3) is 1.00. The number of aliphatic hydroxyl groups is 1. The molecule has 0 saturated heterocycles. The summed E-state index contributed by atoms with van der Waals surface area (Å²) in [5.41, 5.74) is 0. The van der Waals surface area contributed by atoms with Gasteiger partial charge in [0.05, 0.1) is 6.54 Å². The molecule has 0 aliphatic heterocycles. The number of halogens is 2. The molecule has 13 heavy (non-hydrogen) atoms. The molecule has 0 amide bonds. The van der Waals surface area contributed by atoms with Crippen molar-refractivity contribution >= 4 is 10.2 Å². The summed E-state index contributed by atoms with van der Waals surface area (Å²) in [6.07, 6.45) is 0. The molecule has 8 heteroatoms. The van der Waals surface area contributed by atoms with E-state index in [0.717, 1.165) is 0 Å². The van der Waals surface area contributed by atoms with Crippen molar-refractivity contribution in [2.24, 2.45) is 0 Å². The summed E-state index contributed by atoms with van der Waals surface area (Å²) in [4.78, 5) is 0. The van der Waals surface area contributed by atoms with Crippen LogP contribution in [0.5, 0.6) is 0 Å². The molecular formula is C5H12F2N2O3S. The average Bonchev–Trinajstić information content (AvgIpc) is 2.02. The Labute approximate surface area is 75.3 Å². The fourth-order valence-electron chi connectivity index (χ4n) is 0.498. The maximum Gasteiger partial charge on any atom is 0.283 e. The zero-order valence-corrected chi connectivity index (χ0v) is 7.87. The highest BCUT2D eigenvalue weighted by Gasteiger charge is 2.29. The van der Waals surface area contributed by atoms with Crippen molar-refractivity contribution in [1.29, 1.82) is 0 Å². The predicted octanol–water partition coefficient (Wildman–Crippen LogP) is -0.942. The van der Waals surface area contributed by atoms with Crippen LogP contribution in [0, 0.1) is 0 Å². The second kappa shape index (κ2) is 4.80. The molecule has 0 heterocycles. The molecule has 5 nitrogen and oxygen atoms in total. The van der Waals surface area contributed by atoms with Crippen LogP contribution in [0.15, 0.2) is 0 Å². The Hall–Kier alpha value is -0.310. The summed E-state index contributed by atoms with van der Waals surface area (Å²) in [6.45, 7) is -0.871. The molecule has 0 unspecified atom stereocenters. The maximum absolute atomic E-state index is 12.3. The summed E-state index contributed by atoms with van der Waals surface area (Å²) < 4.78 is 49.7. The number of hydrogen-bond acceptors (Lipinski definition) is 3. The van der Waals surface area contributed by atoms with E-state index in [0.29, 0.717) is 0 Å². The molecule has 0 radical (unpaired) electrons. The van der Waals surface area contributed by atoms with Crippen molar-refractivity contribution < 1.29 is 22.3 Å². The maximum atomic E-state index is 12.3. The molecule has 0 aromatic rings. The monoisotopic (exact) mass is 218 g/mol. The first-order valence-electron chi connectivity index (χ1n) is 3.56. The minimum atomic E-state index is -3.87. The van der Waals surface area contributed by atoms with Crippen LogP contribution >= 0.6 is 0 Å². The molecule has 0 aliphatic carbocycles. The zero-order valence-electron chi connectivity index (χ0n) is 7.05. The van der Waals surface area contributed by atoms with Gasteiger partial charge in [0.2, 0.25) is 0 Å². The predicted molar refractivity (Wildman–Crippen MR) is 42.6 cm³/mol. The number of hydrogen-bond donors (Lipinski definition) is 3. The van der Waals surface area contributed by atoms with Crippen molar-refractivity contribution in [2.75, 3.05) is 19.7 Å². The van der Waals surface area contributed by atoms with Gasteiger partial charge in [-0.05, 0) is 0 Å². The molecule has 80 valence electrons. The van der Waals surface area contributed by atoms with Gasteiger partial charge in [-0.15, -0.1) is 0 Å². The Kier molecular flexibility index (Phi) is 4.68. The van der Waals surface area contributed by atoms with Gasteiger partial charge in [-0.25, -0.2) is 13.5 Å². The normalized spacial score (nSPS) is 13.2. The lowest BCUT2D eigenvalue weighted by Crippen LogP contribution is -2.44. The van der Waals surface area contributed by atoms with Crippen LogP contribution in [-0.2, 0) is 10.2 Å². The van der Waals surface area contributed by atoms with Gasteiger partial charge in [-0.1, -0.05) is 6.92 Å². The third-order valence-electron chi connectivity index (χ3n) is 1.09. The average molecular weight is 218 g/mol. The summed E-state index contributed by atoms with van der Waals surface area (Å²) in [5.74, 6) is -3.43. The lowest BCUT2D eigenvalue weighted by molar-refractivity contribution is -0.0437. The van der Waals surface area contributed by atoms with Gasteiger partial charge in [-0.3, -0.25) is 0 Å². The largest absolute Gasteiger partial charge is 0.390 e. The number of rotatable bonds is 6. The van der Waals surface area contributed by atoms with Crippen molar-refractivity contribution in [3.05, 3.63) is 0 Å². The van der Waals surface area contributed by atoms with Crippen molar-refractivity contribution in [3.8, 4) is 0 Å². The number of alkyl halides is 2. The molecule has 0 aliphatic rings. The van der Waals surface area contributed by atoms with Gasteiger partial charge in [0.25, 0.3) is 16.1 Å². The second-order valence-corrected chi connectivity index (χ2v) is 3.92. The minimum absolute atomic E-state index is 0.111. The summed E-state index contributed by atoms with van der Waals surface area (Å²) >= 11 is 0. The Morgan fingerprint density at radius 3 is 2.31 bits per heavy atom.